The Labute approximate surface area is 500 Å². The molecule has 460 valence electrons. The third-order valence-corrected chi connectivity index (χ3v) is 14.1. The van der Waals surface area contributed by atoms with Crippen LogP contribution in [-0.2, 0) is 28.6 Å². The highest BCUT2D eigenvalue weighted by molar-refractivity contribution is 5.71. The van der Waals surface area contributed by atoms with Crippen LogP contribution in [0.5, 0.6) is 0 Å². The summed E-state index contributed by atoms with van der Waals surface area (Å²) in [5, 5.41) is 0. The lowest BCUT2D eigenvalue weighted by molar-refractivity contribution is -0.167. The zero-order chi connectivity index (χ0) is 58.5. The average Bonchev–Trinajstić information content (AvgIpc) is 3.47. The van der Waals surface area contributed by atoms with Gasteiger partial charge in [0.05, 0.1) is 0 Å². The number of ether oxygens (including phenoxy) is 3. The van der Waals surface area contributed by atoms with Crippen molar-refractivity contribution in [2.24, 2.45) is 0 Å². The highest BCUT2D eigenvalue weighted by Crippen LogP contribution is 2.16. The summed E-state index contributed by atoms with van der Waals surface area (Å²) in [5.74, 6) is -0.907. The van der Waals surface area contributed by atoms with E-state index in [2.05, 4.69) is 154 Å². The lowest BCUT2D eigenvalue weighted by atomic mass is 10.0. The molecule has 81 heavy (non-hydrogen) atoms. The summed E-state index contributed by atoms with van der Waals surface area (Å²) in [4.78, 5) is 38.3. The predicted octanol–water partition coefficient (Wildman–Crippen LogP) is 23.3. The highest BCUT2D eigenvalue weighted by Gasteiger charge is 2.19. The molecule has 0 aliphatic heterocycles. The van der Waals surface area contributed by atoms with Crippen LogP contribution in [0.1, 0.15) is 303 Å². The van der Waals surface area contributed by atoms with Gasteiger partial charge in [-0.3, -0.25) is 14.4 Å². The van der Waals surface area contributed by atoms with Crippen LogP contribution in [0.25, 0.3) is 0 Å². The third kappa shape index (κ3) is 66.2. The lowest BCUT2D eigenvalue weighted by Crippen LogP contribution is -2.30. The van der Waals surface area contributed by atoms with Crippen molar-refractivity contribution in [3.05, 3.63) is 134 Å². The molecule has 6 heteroatoms. The van der Waals surface area contributed by atoms with Gasteiger partial charge in [-0.1, -0.05) is 302 Å². The number of hydrogen-bond acceptors (Lipinski definition) is 6. The average molecular weight is 1120 g/mol. The van der Waals surface area contributed by atoms with E-state index in [1.54, 1.807) is 0 Å². The van der Waals surface area contributed by atoms with Gasteiger partial charge < -0.3 is 14.2 Å². The molecule has 1 unspecified atom stereocenters. The molecular formula is C75H124O6. The normalized spacial score (nSPS) is 13.0. The van der Waals surface area contributed by atoms with E-state index in [4.69, 9.17) is 14.2 Å². The molecule has 6 nitrogen and oxygen atoms in total. The maximum absolute atomic E-state index is 12.9. The summed E-state index contributed by atoms with van der Waals surface area (Å²) in [7, 11) is 0. The van der Waals surface area contributed by atoms with Gasteiger partial charge >= 0.3 is 17.9 Å². The standard InChI is InChI=1S/C75H124O6/c1-4-7-10-13-16-19-22-25-28-29-30-31-32-33-34-35-36-37-38-39-40-41-42-43-44-45-46-47-48-51-53-56-59-62-65-68-74(77)80-71-72(81-75(78)69-66-63-60-57-54-50-27-24-21-18-15-12-9-6-3)70-79-73(76)67-64-61-58-55-52-49-26-23-20-17-14-11-8-5-2/h7,10,15-16,18-19,24-25,27-28,30-31,33-34,36-37,39-40,42-43,45-46,72H,4-6,8-9,11-14,17,20-23,26,29,32,35,38,41,44,47-71H2,1-3H3/b10-7-,18-15-,19-16-,27-24-,28-25-,31-30-,34-33-,37-36-,40-39-,43-42-,46-45-. The van der Waals surface area contributed by atoms with E-state index in [1.807, 2.05) is 0 Å². The Hall–Kier alpha value is -4.45. The minimum absolute atomic E-state index is 0.0868. The molecule has 0 amide bonds. The van der Waals surface area contributed by atoms with Gasteiger partial charge in [-0.25, -0.2) is 0 Å². The first-order valence-corrected chi connectivity index (χ1v) is 33.7. The fraction of sp³-hybridized carbons (Fsp3) is 0.667. The van der Waals surface area contributed by atoms with Gasteiger partial charge in [0.1, 0.15) is 13.2 Å². The lowest BCUT2D eigenvalue weighted by Gasteiger charge is -2.18. The summed E-state index contributed by atoms with van der Waals surface area (Å²) in [6.45, 7) is 6.48. The van der Waals surface area contributed by atoms with Crippen LogP contribution in [0.15, 0.2) is 134 Å². The number of carbonyl (C=O) groups excluding carboxylic acids is 3. The first-order valence-electron chi connectivity index (χ1n) is 33.7. The Bertz CT molecular complexity index is 1720. The van der Waals surface area contributed by atoms with Crippen molar-refractivity contribution in [2.45, 2.75) is 309 Å². The fourth-order valence-electron chi connectivity index (χ4n) is 9.10. The zero-order valence-electron chi connectivity index (χ0n) is 52.8. The summed E-state index contributed by atoms with van der Waals surface area (Å²) in [6, 6.07) is 0. The summed E-state index contributed by atoms with van der Waals surface area (Å²) >= 11 is 0. The van der Waals surface area contributed by atoms with Crippen LogP contribution in [0, 0.1) is 0 Å². The van der Waals surface area contributed by atoms with Crippen LogP contribution in [0.2, 0.25) is 0 Å². The summed E-state index contributed by atoms with van der Waals surface area (Å²) in [5.41, 5.74) is 0. The number of rotatable bonds is 60. The number of unbranched alkanes of at least 4 members (excludes halogenated alkanes) is 27. The Morgan fingerprint density at radius 1 is 0.259 bits per heavy atom. The van der Waals surface area contributed by atoms with Crippen molar-refractivity contribution >= 4 is 17.9 Å². The maximum atomic E-state index is 12.9. The Balaban J connectivity index is 4.27. The van der Waals surface area contributed by atoms with E-state index < -0.39 is 6.10 Å². The van der Waals surface area contributed by atoms with Gasteiger partial charge in [-0.15, -0.1) is 0 Å². The van der Waals surface area contributed by atoms with Crippen molar-refractivity contribution < 1.29 is 28.6 Å². The molecule has 0 radical (unpaired) electrons. The second-order valence-corrected chi connectivity index (χ2v) is 22.0. The molecular weight excluding hydrogens is 997 g/mol. The molecule has 0 aromatic carbocycles. The first-order chi connectivity index (χ1) is 40.0. The number of carbonyl (C=O) groups is 3. The van der Waals surface area contributed by atoms with Crippen LogP contribution in [-0.4, -0.2) is 37.2 Å². The SMILES string of the molecule is CC/C=C\C/C=C\C/C=C\C/C=C\C/C=C\C/C=C\C/C=C\C/C=C\C/C=C\CCCCCCCCCC(=O)OCC(COC(=O)CCCCCCCCCCCCCCCC)OC(=O)CCCCCCC/C=C\C/C=C\CCCC. The minimum Gasteiger partial charge on any atom is -0.462 e. The van der Waals surface area contributed by atoms with Gasteiger partial charge in [0.2, 0.25) is 0 Å². The molecule has 0 aliphatic rings. The van der Waals surface area contributed by atoms with Crippen LogP contribution in [0.3, 0.4) is 0 Å². The van der Waals surface area contributed by atoms with Crippen molar-refractivity contribution in [3.8, 4) is 0 Å². The van der Waals surface area contributed by atoms with E-state index >= 15 is 0 Å². The van der Waals surface area contributed by atoms with Crippen LogP contribution < -0.4 is 0 Å². The van der Waals surface area contributed by atoms with Gasteiger partial charge in [0.25, 0.3) is 0 Å². The van der Waals surface area contributed by atoms with Gasteiger partial charge in [-0.2, -0.15) is 0 Å². The molecule has 0 aliphatic carbocycles. The predicted molar refractivity (Wildman–Crippen MR) is 353 cm³/mol. The van der Waals surface area contributed by atoms with Crippen LogP contribution >= 0.6 is 0 Å². The molecule has 0 heterocycles. The summed E-state index contributed by atoms with van der Waals surface area (Å²) < 4.78 is 16.9. The molecule has 0 bridgehead atoms. The van der Waals surface area contributed by atoms with E-state index in [-0.39, 0.29) is 31.1 Å². The van der Waals surface area contributed by atoms with Gasteiger partial charge in [0, 0.05) is 19.3 Å². The Morgan fingerprint density at radius 2 is 0.494 bits per heavy atom. The molecule has 0 spiro atoms. The fourth-order valence-corrected chi connectivity index (χ4v) is 9.10. The number of esters is 3. The van der Waals surface area contributed by atoms with Gasteiger partial charge in [-0.05, 0) is 116 Å². The van der Waals surface area contributed by atoms with E-state index in [0.29, 0.717) is 19.3 Å². The summed E-state index contributed by atoms with van der Waals surface area (Å²) in [6.07, 6.45) is 96.1. The minimum atomic E-state index is -0.792. The molecule has 0 N–H and O–H groups in total. The van der Waals surface area contributed by atoms with Crippen LogP contribution in [0.4, 0.5) is 0 Å². The second-order valence-electron chi connectivity index (χ2n) is 22.0. The third-order valence-electron chi connectivity index (χ3n) is 14.1. The molecule has 0 saturated heterocycles. The largest absolute Gasteiger partial charge is 0.462 e. The number of allylic oxidation sites excluding steroid dienone is 22. The van der Waals surface area contributed by atoms with Gasteiger partial charge in [0.15, 0.2) is 6.10 Å². The molecule has 0 fully saturated rings. The van der Waals surface area contributed by atoms with E-state index in [9.17, 15) is 14.4 Å². The molecule has 0 aromatic rings. The van der Waals surface area contributed by atoms with Crippen molar-refractivity contribution in [1.82, 2.24) is 0 Å². The topological polar surface area (TPSA) is 78.9 Å². The monoisotopic (exact) mass is 1120 g/mol. The second kappa shape index (κ2) is 68.1. The molecule has 0 aromatic heterocycles. The quantitative estimate of drug-likeness (QED) is 0.0261. The van der Waals surface area contributed by atoms with Crippen molar-refractivity contribution in [3.63, 3.8) is 0 Å². The molecule has 0 saturated carbocycles. The molecule has 1 atom stereocenters. The first kappa shape index (κ1) is 76.5. The van der Waals surface area contributed by atoms with Crippen molar-refractivity contribution in [2.75, 3.05) is 13.2 Å². The number of hydrogen-bond donors (Lipinski definition) is 0. The van der Waals surface area contributed by atoms with E-state index in [0.717, 1.165) is 148 Å². The Morgan fingerprint density at radius 3 is 0.790 bits per heavy atom. The van der Waals surface area contributed by atoms with Crippen molar-refractivity contribution in [1.29, 1.82) is 0 Å². The maximum Gasteiger partial charge on any atom is 0.306 e. The Kier molecular flexibility index (Phi) is 64.3. The zero-order valence-corrected chi connectivity index (χ0v) is 52.8. The smallest absolute Gasteiger partial charge is 0.306 e. The molecule has 0 rings (SSSR count). The highest BCUT2D eigenvalue weighted by atomic mass is 16.6. The van der Waals surface area contributed by atoms with E-state index in [1.165, 1.54) is 116 Å².